The Kier molecular flexibility index (Phi) is 5.44. The summed E-state index contributed by atoms with van der Waals surface area (Å²) in [5.41, 5.74) is 2.71. The standard InChI is InChI=1S/C23H17FN6OS/c24-18-12-16(22-27-29-30-28-22)8-9-19(18)26-23(31)17-6-1-3-14(11-17)7-10-21-25-20(13-32-21)15-4-2-5-15/h1,3,6,8-9,11-13,15H,2,4-5H2,(H,26,31)(H,27,28,29,30). The third-order valence-electron chi connectivity index (χ3n) is 5.30. The number of thiazole rings is 1. The van der Waals surface area contributed by atoms with Crippen molar-refractivity contribution in [1.82, 2.24) is 25.6 Å². The zero-order valence-corrected chi connectivity index (χ0v) is 17.6. The number of nitrogens with zero attached hydrogens (tertiary/aromatic N) is 4. The quantitative estimate of drug-likeness (QED) is 0.455. The SMILES string of the molecule is O=C(Nc1ccc(-c2nn[nH]n2)cc1F)c1cccc(C#Cc2nc(C3CCC3)cs2)c1. The smallest absolute Gasteiger partial charge is 0.255 e. The van der Waals surface area contributed by atoms with E-state index in [-0.39, 0.29) is 11.5 Å². The van der Waals surface area contributed by atoms with Crippen LogP contribution in [0.4, 0.5) is 10.1 Å². The van der Waals surface area contributed by atoms with Gasteiger partial charge in [0, 0.05) is 28.0 Å². The third kappa shape index (κ3) is 4.26. The monoisotopic (exact) mass is 444 g/mol. The molecule has 1 aliphatic rings. The van der Waals surface area contributed by atoms with Crippen molar-refractivity contribution in [1.29, 1.82) is 0 Å². The molecule has 5 rings (SSSR count). The summed E-state index contributed by atoms with van der Waals surface area (Å²) in [7, 11) is 0. The number of aromatic amines is 1. The van der Waals surface area contributed by atoms with Crippen molar-refractivity contribution in [3.05, 3.63) is 75.5 Å². The molecule has 2 heterocycles. The van der Waals surface area contributed by atoms with E-state index in [0.29, 0.717) is 22.6 Å². The minimum atomic E-state index is -0.595. The highest BCUT2D eigenvalue weighted by atomic mass is 32.1. The molecule has 0 radical (unpaired) electrons. The first-order chi connectivity index (χ1) is 15.7. The van der Waals surface area contributed by atoms with Gasteiger partial charge in [0.15, 0.2) is 5.01 Å². The molecular formula is C23H17FN6OS. The molecule has 1 amide bonds. The first-order valence-corrected chi connectivity index (χ1v) is 11.0. The molecule has 2 aromatic heterocycles. The predicted octanol–water partition coefficient (Wildman–Crippen LogP) is 4.38. The van der Waals surface area contributed by atoms with E-state index in [9.17, 15) is 9.18 Å². The summed E-state index contributed by atoms with van der Waals surface area (Å²) >= 11 is 1.54. The van der Waals surface area contributed by atoms with Gasteiger partial charge in [-0.15, -0.1) is 21.5 Å². The van der Waals surface area contributed by atoms with Gasteiger partial charge >= 0.3 is 0 Å². The third-order valence-corrected chi connectivity index (χ3v) is 6.08. The van der Waals surface area contributed by atoms with Crippen molar-refractivity contribution in [2.24, 2.45) is 0 Å². The maximum atomic E-state index is 14.5. The lowest BCUT2D eigenvalue weighted by molar-refractivity contribution is 0.102. The lowest BCUT2D eigenvalue weighted by Gasteiger charge is -2.22. The molecule has 2 N–H and O–H groups in total. The Bertz CT molecular complexity index is 1330. The van der Waals surface area contributed by atoms with Crippen LogP contribution in [0.5, 0.6) is 0 Å². The highest BCUT2D eigenvalue weighted by Crippen LogP contribution is 2.36. The van der Waals surface area contributed by atoms with E-state index in [1.54, 1.807) is 24.3 Å². The molecule has 32 heavy (non-hydrogen) atoms. The second-order valence-corrected chi connectivity index (χ2v) is 8.28. The van der Waals surface area contributed by atoms with Gasteiger partial charge in [0.2, 0.25) is 5.82 Å². The van der Waals surface area contributed by atoms with E-state index in [0.717, 1.165) is 10.7 Å². The zero-order valence-electron chi connectivity index (χ0n) is 16.8. The molecule has 158 valence electrons. The van der Waals surface area contributed by atoms with E-state index in [2.05, 4.69) is 48.1 Å². The highest BCUT2D eigenvalue weighted by Gasteiger charge is 2.21. The topological polar surface area (TPSA) is 96.5 Å². The number of amides is 1. The van der Waals surface area contributed by atoms with Crippen LogP contribution in [-0.2, 0) is 0 Å². The van der Waals surface area contributed by atoms with Gasteiger partial charge in [0.1, 0.15) is 5.82 Å². The van der Waals surface area contributed by atoms with Crippen LogP contribution in [-0.4, -0.2) is 31.5 Å². The summed E-state index contributed by atoms with van der Waals surface area (Å²) in [5, 5.41) is 18.8. The molecule has 1 fully saturated rings. The fourth-order valence-corrected chi connectivity index (χ4v) is 4.08. The number of benzene rings is 2. The molecule has 4 aromatic rings. The van der Waals surface area contributed by atoms with Gasteiger partial charge in [-0.1, -0.05) is 18.4 Å². The first-order valence-electron chi connectivity index (χ1n) is 10.1. The maximum Gasteiger partial charge on any atom is 0.255 e. The number of rotatable bonds is 4. The summed E-state index contributed by atoms with van der Waals surface area (Å²) in [4.78, 5) is 17.3. The van der Waals surface area contributed by atoms with Crippen molar-refractivity contribution in [2.75, 3.05) is 5.32 Å². The normalized spacial score (nSPS) is 13.2. The van der Waals surface area contributed by atoms with E-state index in [4.69, 9.17) is 0 Å². The zero-order chi connectivity index (χ0) is 21.9. The minimum Gasteiger partial charge on any atom is -0.319 e. The summed E-state index contributed by atoms with van der Waals surface area (Å²) in [5.74, 6) is 5.97. The number of H-pyrrole nitrogens is 1. The van der Waals surface area contributed by atoms with E-state index in [1.165, 1.54) is 42.7 Å². The molecular weight excluding hydrogens is 427 g/mol. The molecule has 0 unspecified atom stereocenters. The van der Waals surface area contributed by atoms with Crippen molar-refractivity contribution in [3.63, 3.8) is 0 Å². The Hall–Kier alpha value is -3.90. The second kappa shape index (κ2) is 8.69. The van der Waals surface area contributed by atoms with Gasteiger partial charge in [-0.2, -0.15) is 5.21 Å². The molecule has 7 nitrogen and oxygen atoms in total. The van der Waals surface area contributed by atoms with Crippen LogP contribution >= 0.6 is 11.3 Å². The second-order valence-electron chi connectivity index (χ2n) is 7.42. The summed E-state index contributed by atoms with van der Waals surface area (Å²) < 4.78 is 14.5. The molecule has 0 atom stereocenters. The molecule has 1 aliphatic carbocycles. The van der Waals surface area contributed by atoms with Crippen LogP contribution in [0.3, 0.4) is 0 Å². The average Bonchev–Trinajstić information content (AvgIpc) is 3.45. The molecule has 9 heteroatoms. The van der Waals surface area contributed by atoms with Crippen molar-refractivity contribution >= 4 is 22.9 Å². The lowest BCUT2D eigenvalue weighted by Crippen LogP contribution is -2.13. The number of hydrogen-bond acceptors (Lipinski definition) is 6. The lowest BCUT2D eigenvalue weighted by atomic mass is 9.83. The molecule has 1 saturated carbocycles. The summed E-state index contributed by atoms with van der Waals surface area (Å²) in [6.45, 7) is 0. The molecule has 0 spiro atoms. The van der Waals surface area contributed by atoms with Crippen molar-refractivity contribution in [2.45, 2.75) is 25.2 Å². The number of hydrogen-bond donors (Lipinski definition) is 2. The Balaban J connectivity index is 1.29. The van der Waals surface area contributed by atoms with Gasteiger partial charge in [-0.05, 0) is 60.4 Å². The summed E-state index contributed by atoms with van der Waals surface area (Å²) in [6, 6.07) is 11.2. The van der Waals surface area contributed by atoms with Gasteiger partial charge in [-0.3, -0.25) is 4.79 Å². The largest absolute Gasteiger partial charge is 0.319 e. The summed E-state index contributed by atoms with van der Waals surface area (Å²) in [6.07, 6.45) is 3.67. The maximum absolute atomic E-state index is 14.5. The van der Waals surface area contributed by atoms with Crippen LogP contribution in [0.1, 0.15) is 51.8 Å². The van der Waals surface area contributed by atoms with Gasteiger partial charge in [0.25, 0.3) is 5.91 Å². The number of nitrogens with one attached hydrogen (secondary N) is 2. The number of carbonyl (C=O) groups excluding carboxylic acids is 1. The molecule has 2 aromatic carbocycles. The van der Waals surface area contributed by atoms with Crippen LogP contribution in [0.2, 0.25) is 0 Å². The van der Waals surface area contributed by atoms with Gasteiger partial charge < -0.3 is 5.32 Å². The Morgan fingerprint density at radius 2 is 2.09 bits per heavy atom. The van der Waals surface area contributed by atoms with E-state index in [1.807, 2.05) is 6.07 Å². The van der Waals surface area contributed by atoms with Gasteiger partial charge in [0.05, 0.1) is 11.4 Å². The number of tetrazole rings is 1. The number of anilines is 1. The van der Waals surface area contributed by atoms with Crippen LogP contribution < -0.4 is 5.32 Å². The Labute approximate surface area is 187 Å². The van der Waals surface area contributed by atoms with Crippen molar-refractivity contribution in [3.8, 4) is 23.2 Å². The van der Waals surface area contributed by atoms with Crippen LogP contribution in [0, 0.1) is 17.7 Å². The molecule has 0 aliphatic heterocycles. The minimum absolute atomic E-state index is 0.0602. The number of halogens is 1. The average molecular weight is 444 g/mol. The highest BCUT2D eigenvalue weighted by molar-refractivity contribution is 7.10. The van der Waals surface area contributed by atoms with E-state index < -0.39 is 11.7 Å². The number of carbonyl (C=O) groups is 1. The Morgan fingerprint density at radius 1 is 1.19 bits per heavy atom. The fourth-order valence-electron chi connectivity index (χ4n) is 3.33. The first kappa shape index (κ1) is 20.0. The predicted molar refractivity (Wildman–Crippen MR) is 119 cm³/mol. The van der Waals surface area contributed by atoms with Crippen LogP contribution in [0.25, 0.3) is 11.4 Å². The van der Waals surface area contributed by atoms with Crippen LogP contribution in [0.15, 0.2) is 47.8 Å². The van der Waals surface area contributed by atoms with Crippen molar-refractivity contribution < 1.29 is 9.18 Å². The van der Waals surface area contributed by atoms with Gasteiger partial charge in [-0.25, -0.2) is 9.37 Å². The Morgan fingerprint density at radius 3 is 2.84 bits per heavy atom. The molecule has 0 saturated heterocycles. The fraction of sp³-hybridized carbons (Fsp3) is 0.174. The number of aromatic nitrogens is 5. The van der Waals surface area contributed by atoms with E-state index >= 15 is 0 Å². The molecule has 0 bridgehead atoms.